The topological polar surface area (TPSA) is 41.1 Å². The monoisotopic (exact) mass is 230 g/mol. The quantitative estimate of drug-likeness (QED) is 0.781. The molecule has 1 aliphatic rings. The lowest BCUT2D eigenvalue weighted by atomic mass is 9.84. The molecular formula is C11H22N2OS. The lowest BCUT2D eigenvalue weighted by Gasteiger charge is -2.40. The van der Waals surface area contributed by atoms with Gasteiger partial charge in [0.2, 0.25) is 0 Å². The van der Waals surface area contributed by atoms with Crippen LogP contribution in [0.5, 0.6) is 0 Å². The summed E-state index contributed by atoms with van der Waals surface area (Å²) in [6, 6.07) is -0.0529. The average molecular weight is 230 g/mol. The molecule has 0 saturated heterocycles. The molecule has 0 unspecified atom stereocenters. The predicted molar refractivity (Wildman–Crippen MR) is 66.4 cm³/mol. The molecule has 1 saturated carbocycles. The Labute approximate surface area is 96.8 Å². The predicted octanol–water partition coefficient (Wildman–Crippen LogP) is 2.37. The van der Waals surface area contributed by atoms with Gasteiger partial charge in [-0.2, -0.15) is 11.8 Å². The lowest BCUT2D eigenvalue weighted by Crippen LogP contribution is -2.51. The Bertz CT molecular complexity index is 226. The summed E-state index contributed by atoms with van der Waals surface area (Å²) in [6.45, 7) is 6.75. The lowest BCUT2D eigenvalue weighted by molar-refractivity contribution is 0.227. The number of nitrogens with one attached hydrogen (secondary N) is 2. The van der Waals surface area contributed by atoms with Crippen molar-refractivity contribution in [3.8, 4) is 0 Å². The van der Waals surface area contributed by atoms with Gasteiger partial charge in [-0.15, -0.1) is 0 Å². The average Bonchev–Trinajstić information content (AvgIpc) is 1.99. The molecular weight excluding hydrogens is 208 g/mol. The van der Waals surface area contributed by atoms with Gasteiger partial charge in [-0.3, -0.25) is 0 Å². The number of rotatable bonds is 3. The molecule has 0 aliphatic heterocycles. The van der Waals surface area contributed by atoms with Gasteiger partial charge in [0.15, 0.2) is 0 Å². The zero-order valence-corrected chi connectivity index (χ0v) is 11.0. The summed E-state index contributed by atoms with van der Waals surface area (Å²) in [5.74, 6) is 0. The molecule has 4 heteroatoms. The molecule has 1 aliphatic carbocycles. The third kappa shape index (κ3) is 3.93. The Morgan fingerprint density at radius 1 is 1.40 bits per heavy atom. The van der Waals surface area contributed by atoms with Crippen molar-refractivity contribution in [2.45, 2.75) is 50.3 Å². The van der Waals surface area contributed by atoms with E-state index in [0.29, 0.717) is 4.75 Å². The van der Waals surface area contributed by atoms with E-state index in [4.69, 9.17) is 0 Å². The van der Waals surface area contributed by atoms with Gasteiger partial charge in [0.1, 0.15) is 0 Å². The number of amides is 2. The second kappa shape index (κ2) is 4.64. The Morgan fingerprint density at radius 2 is 2.00 bits per heavy atom. The van der Waals surface area contributed by atoms with Crippen LogP contribution in [0.1, 0.15) is 40.0 Å². The molecule has 1 rings (SSSR count). The molecule has 88 valence electrons. The van der Waals surface area contributed by atoms with Crippen LogP contribution in [-0.2, 0) is 0 Å². The molecule has 3 nitrogen and oxygen atoms in total. The number of urea groups is 1. The Kier molecular flexibility index (Phi) is 3.93. The molecule has 0 atom stereocenters. The van der Waals surface area contributed by atoms with E-state index >= 15 is 0 Å². The minimum Gasteiger partial charge on any atom is -0.337 e. The molecule has 0 aromatic carbocycles. The summed E-state index contributed by atoms with van der Waals surface area (Å²) < 4.78 is 0.315. The van der Waals surface area contributed by atoms with Crippen LogP contribution in [0.4, 0.5) is 4.79 Å². The number of thioether (sulfide) groups is 1. The van der Waals surface area contributed by atoms with Crippen molar-refractivity contribution in [1.29, 1.82) is 0 Å². The van der Waals surface area contributed by atoms with Crippen LogP contribution in [0.3, 0.4) is 0 Å². The van der Waals surface area contributed by atoms with Crippen molar-refractivity contribution in [1.82, 2.24) is 10.6 Å². The molecule has 2 amide bonds. The molecule has 0 aromatic heterocycles. The first-order valence-electron chi connectivity index (χ1n) is 5.48. The number of carbonyl (C=O) groups is 1. The van der Waals surface area contributed by atoms with Crippen molar-refractivity contribution in [2.24, 2.45) is 0 Å². The van der Waals surface area contributed by atoms with Gasteiger partial charge in [-0.05, 0) is 39.9 Å². The van der Waals surface area contributed by atoms with Crippen molar-refractivity contribution in [2.75, 3.05) is 12.8 Å². The highest BCUT2D eigenvalue weighted by Crippen LogP contribution is 2.42. The van der Waals surface area contributed by atoms with Crippen molar-refractivity contribution in [3.63, 3.8) is 0 Å². The fraction of sp³-hybridized carbons (Fsp3) is 0.909. The first-order chi connectivity index (χ1) is 6.87. The molecule has 0 spiro atoms. The minimum atomic E-state index is -0.157. The van der Waals surface area contributed by atoms with Crippen molar-refractivity contribution in [3.05, 3.63) is 0 Å². The largest absolute Gasteiger partial charge is 0.337 e. The van der Waals surface area contributed by atoms with Crippen molar-refractivity contribution < 1.29 is 4.79 Å². The Balaban J connectivity index is 2.27. The summed E-state index contributed by atoms with van der Waals surface area (Å²) >= 11 is 1.88. The van der Waals surface area contributed by atoms with Gasteiger partial charge < -0.3 is 10.6 Å². The van der Waals surface area contributed by atoms with Crippen LogP contribution in [0, 0.1) is 0 Å². The fourth-order valence-electron chi connectivity index (χ4n) is 1.65. The molecule has 2 N–H and O–H groups in total. The van der Waals surface area contributed by atoms with Crippen LogP contribution in [0.15, 0.2) is 0 Å². The second-order valence-corrected chi connectivity index (χ2v) is 6.57. The third-order valence-corrected chi connectivity index (χ3v) is 4.18. The van der Waals surface area contributed by atoms with Crippen LogP contribution in [0.2, 0.25) is 0 Å². The summed E-state index contributed by atoms with van der Waals surface area (Å²) in [6.07, 6.45) is 5.87. The zero-order chi connectivity index (χ0) is 11.5. The van der Waals surface area contributed by atoms with E-state index in [1.807, 2.05) is 32.5 Å². The highest BCUT2D eigenvalue weighted by Gasteiger charge is 2.36. The van der Waals surface area contributed by atoms with Gasteiger partial charge in [-0.1, -0.05) is 6.42 Å². The summed E-state index contributed by atoms with van der Waals surface area (Å²) in [7, 11) is 0. The maximum atomic E-state index is 11.5. The van der Waals surface area contributed by atoms with Gasteiger partial charge in [0, 0.05) is 16.8 Å². The molecule has 0 bridgehead atoms. The molecule has 0 aromatic rings. The van der Waals surface area contributed by atoms with Gasteiger partial charge >= 0.3 is 6.03 Å². The van der Waals surface area contributed by atoms with Gasteiger partial charge in [-0.25, -0.2) is 4.79 Å². The van der Waals surface area contributed by atoms with E-state index in [2.05, 4.69) is 16.9 Å². The number of carbonyl (C=O) groups excluding carboxylic acids is 1. The first kappa shape index (κ1) is 12.7. The Morgan fingerprint density at radius 3 is 2.33 bits per heavy atom. The summed E-state index contributed by atoms with van der Waals surface area (Å²) in [4.78, 5) is 11.5. The summed E-state index contributed by atoms with van der Waals surface area (Å²) in [5.41, 5.74) is -0.157. The minimum absolute atomic E-state index is 0.0529. The van der Waals surface area contributed by atoms with E-state index in [1.54, 1.807) is 0 Å². The normalized spacial score (nSPS) is 19.2. The van der Waals surface area contributed by atoms with Crippen LogP contribution in [0.25, 0.3) is 0 Å². The van der Waals surface area contributed by atoms with E-state index in [0.717, 1.165) is 6.54 Å². The number of hydrogen-bond donors (Lipinski definition) is 2. The number of hydrogen-bond acceptors (Lipinski definition) is 2. The Hall–Kier alpha value is -0.380. The van der Waals surface area contributed by atoms with E-state index < -0.39 is 0 Å². The SMILES string of the molecule is CSC1(CNC(=O)NC(C)(C)C)CCC1. The maximum Gasteiger partial charge on any atom is 0.315 e. The van der Waals surface area contributed by atoms with Crippen molar-refractivity contribution >= 4 is 17.8 Å². The van der Waals surface area contributed by atoms with E-state index in [9.17, 15) is 4.79 Å². The van der Waals surface area contributed by atoms with Gasteiger partial charge in [0.25, 0.3) is 0 Å². The standard InChI is InChI=1S/C11H22N2OS/c1-10(2,3)13-9(14)12-8-11(15-4)6-5-7-11/h5-8H2,1-4H3,(H2,12,13,14). The van der Waals surface area contributed by atoms with E-state index in [1.165, 1.54) is 19.3 Å². The molecule has 1 fully saturated rings. The zero-order valence-electron chi connectivity index (χ0n) is 10.1. The smallest absolute Gasteiger partial charge is 0.315 e. The van der Waals surface area contributed by atoms with Crippen LogP contribution >= 0.6 is 11.8 Å². The third-order valence-electron chi connectivity index (χ3n) is 2.76. The second-order valence-electron chi connectivity index (χ2n) is 5.30. The maximum absolute atomic E-state index is 11.5. The molecule has 0 radical (unpaired) electrons. The molecule has 0 heterocycles. The van der Waals surface area contributed by atoms with Gasteiger partial charge in [0.05, 0.1) is 0 Å². The van der Waals surface area contributed by atoms with Crippen LogP contribution < -0.4 is 10.6 Å². The summed E-state index contributed by atoms with van der Waals surface area (Å²) in [5, 5.41) is 5.87. The molecule has 15 heavy (non-hydrogen) atoms. The highest BCUT2D eigenvalue weighted by molar-refractivity contribution is 8.00. The van der Waals surface area contributed by atoms with E-state index in [-0.39, 0.29) is 11.6 Å². The fourth-order valence-corrected chi connectivity index (χ4v) is 2.56. The highest BCUT2D eigenvalue weighted by atomic mass is 32.2. The van der Waals surface area contributed by atoms with Crippen LogP contribution in [-0.4, -0.2) is 29.1 Å². The first-order valence-corrected chi connectivity index (χ1v) is 6.71.